The average molecular weight is 267 g/mol. The van der Waals surface area contributed by atoms with Gasteiger partial charge in [-0.05, 0) is 41.5 Å². The van der Waals surface area contributed by atoms with Crippen LogP contribution in [0.5, 0.6) is 0 Å². The van der Waals surface area contributed by atoms with E-state index in [4.69, 9.17) is 0 Å². The molecule has 2 aliphatic rings. The first-order valence-corrected chi connectivity index (χ1v) is 7.75. The van der Waals surface area contributed by atoms with Gasteiger partial charge in [0.05, 0.1) is 6.10 Å². The zero-order valence-electron chi connectivity index (χ0n) is 11.6. The average Bonchev–Trinajstić information content (AvgIpc) is 3.07. The van der Waals surface area contributed by atoms with Crippen LogP contribution in [0, 0.1) is 5.92 Å². The molecule has 1 saturated heterocycles. The lowest BCUT2D eigenvalue weighted by atomic mass is 9.93. The molecule has 2 aromatic carbocycles. The van der Waals surface area contributed by atoms with Crippen molar-refractivity contribution in [3.63, 3.8) is 0 Å². The molecule has 0 bridgehead atoms. The molecule has 0 spiro atoms. The van der Waals surface area contributed by atoms with Crippen LogP contribution in [0.2, 0.25) is 0 Å². The second kappa shape index (κ2) is 4.87. The first kappa shape index (κ1) is 12.4. The Morgan fingerprint density at radius 3 is 2.80 bits per heavy atom. The number of rotatable bonds is 2. The number of benzene rings is 2. The summed E-state index contributed by atoms with van der Waals surface area (Å²) in [4.78, 5) is 0. The Morgan fingerprint density at radius 1 is 1.05 bits per heavy atom. The third-order valence-electron chi connectivity index (χ3n) is 5.17. The summed E-state index contributed by atoms with van der Waals surface area (Å²) in [5.74, 6) is 0.782. The van der Waals surface area contributed by atoms with Crippen LogP contribution in [0.4, 0.5) is 0 Å². The number of aliphatic hydroxyl groups is 1. The minimum Gasteiger partial charge on any atom is -0.387 e. The molecular weight excluding hydrogens is 246 g/mol. The highest BCUT2D eigenvalue weighted by molar-refractivity contribution is 5.86. The number of hydrogen-bond donors (Lipinski definition) is 2. The smallest absolute Gasteiger partial charge is 0.0949 e. The summed E-state index contributed by atoms with van der Waals surface area (Å²) < 4.78 is 0. The Labute approximate surface area is 119 Å². The fourth-order valence-corrected chi connectivity index (χ4v) is 4.15. The van der Waals surface area contributed by atoms with Crippen molar-refractivity contribution in [3.8, 4) is 0 Å². The van der Waals surface area contributed by atoms with E-state index >= 15 is 0 Å². The van der Waals surface area contributed by atoms with Gasteiger partial charge in [-0.3, -0.25) is 0 Å². The van der Waals surface area contributed by atoms with E-state index in [1.807, 2.05) is 0 Å². The van der Waals surface area contributed by atoms with Gasteiger partial charge in [-0.2, -0.15) is 0 Å². The predicted molar refractivity (Wildman–Crippen MR) is 81.6 cm³/mol. The van der Waals surface area contributed by atoms with E-state index in [-0.39, 0.29) is 6.04 Å². The minimum absolute atomic E-state index is 0.219. The zero-order valence-corrected chi connectivity index (χ0v) is 11.6. The molecule has 1 saturated carbocycles. The van der Waals surface area contributed by atoms with Crippen molar-refractivity contribution < 1.29 is 5.11 Å². The van der Waals surface area contributed by atoms with Crippen LogP contribution in [0.25, 0.3) is 10.8 Å². The van der Waals surface area contributed by atoms with E-state index in [9.17, 15) is 5.11 Å². The quantitative estimate of drug-likeness (QED) is 0.874. The molecule has 2 nitrogen and oxygen atoms in total. The third-order valence-corrected chi connectivity index (χ3v) is 5.17. The van der Waals surface area contributed by atoms with Crippen LogP contribution in [-0.4, -0.2) is 17.2 Å². The van der Waals surface area contributed by atoms with Crippen molar-refractivity contribution in [2.75, 3.05) is 0 Å². The number of hydrogen-bond acceptors (Lipinski definition) is 2. The van der Waals surface area contributed by atoms with Gasteiger partial charge in [-0.15, -0.1) is 0 Å². The molecule has 1 aliphatic carbocycles. The SMILES string of the molecule is O[C@@H](c1cccc2ccccc12)[C@@H]1C[C@H]2CCC[C@H]2N1. The van der Waals surface area contributed by atoms with Crippen LogP contribution in [0.15, 0.2) is 42.5 Å². The van der Waals surface area contributed by atoms with Gasteiger partial charge in [0, 0.05) is 12.1 Å². The molecule has 1 aliphatic heterocycles. The van der Waals surface area contributed by atoms with Crippen LogP contribution in [0.3, 0.4) is 0 Å². The molecule has 20 heavy (non-hydrogen) atoms. The van der Waals surface area contributed by atoms with Gasteiger partial charge in [0.1, 0.15) is 0 Å². The maximum Gasteiger partial charge on any atom is 0.0949 e. The lowest BCUT2D eigenvalue weighted by molar-refractivity contribution is 0.134. The molecule has 0 amide bonds. The van der Waals surface area contributed by atoms with Crippen molar-refractivity contribution in [1.29, 1.82) is 0 Å². The zero-order chi connectivity index (χ0) is 13.5. The van der Waals surface area contributed by atoms with E-state index in [0.717, 1.165) is 17.9 Å². The van der Waals surface area contributed by atoms with Crippen molar-refractivity contribution in [2.24, 2.45) is 5.92 Å². The molecule has 104 valence electrons. The van der Waals surface area contributed by atoms with E-state index in [1.54, 1.807) is 0 Å². The van der Waals surface area contributed by atoms with Crippen LogP contribution in [0.1, 0.15) is 37.4 Å². The van der Waals surface area contributed by atoms with E-state index in [0.29, 0.717) is 6.04 Å². The number of nitrogens with one attached hydrogen (secondary N) is 1. The van der Waals surface area contributed by atoms with Gasteiger partial charge in [0.15, 0.2) is 0 Å². The third kappa shape index (κ3) is 1.95. The Kier molecular flexibility index (Phi) is 3.01. The van der Waals surface area contributed by atoms with Crippen LogP contribution < -0.4 is 5.32 Å². The highest BCUT2D eigenvalue weighted by atomic mass is 16.3. The number of fused-ring (bicyclic) bond motifs is 2. The van der Waals surface area contributed by atoms with Gasteiger partial charge in [-0.25, -0.2) is 0 Å². The molecule has 2 N–H and O–H groups in total. The molecule has 2 fully saturated rings. The summed E-state index contributed by atoms with van der Waals surface area (Å²) in [6.07, 6.45) is 4.68. The maximum atomic E-state index is 10.8. The summed E-state index contributed by atoms with van der Waals surface area (Å²) in [6, 6.07) is 15.4. The monoisotopic (exact) mass is 267 g/mol. The molecule has 0 aromatic heterocycles. The topological polar surface area (TPSA) is 32.3 Å². The lowest BCUT2D eigenvalue weighted by Crippen LogP contribution is -2.33. The second-order valence-corrected chi connectivity index (χ2v) is 6.32. The Bertz CT molecular complexity index is 606. The van der Waals surface area contributed by atoms with Gasteiger partial charge in [0.2, 0.25) is 0 Å². The van der Waals surface area contributed by atoms with Gasteiger partial charge in [-0.1, -0.05) is 48.9 Å². The molecular formula is C18H21NO. The summed E-state index contributed by atoms with van der Waals surface area (Å²) in [6.45, 7) is 0. The first-order chi connectivity index (χ1) is 9.83. The van der Waals surface area contributed by atoms with Crippen molar-refractivity contribution in [3.05, 3.63) is 48.0 Å². The van der Waals surface area contributed by atoms with Gasteiger partial charge in [0.25, 0.3) is 0 Å². The van der Waals surface area contributed by atoms with Crippen molar-refractivity contribution in [2.45, 2.75) is 43.9 Å². The largest absolute Gasteiger partial charge is 0.387 e. The van der Waals surface area contributed by atoms with Gasteiger partial charge < -0.3 is 10.4 Å². The molecule has 4 atom stereocenters. The molecule has 2 aromatic rings. The normalized spacial score (nSPS) is 30.6. The molecule has 0 unspecified atom stereocenters. The van der Waals surface area contributed by atoms with E-state index in [2.05, 4.69) is 47.8 Å². The standard InChI is InChI=1S/C18H21NO/c20-18(17-11-13-7-4-10-16(13)19-17)15-9-3-6-12-5-1-2-8-14(12)15/h1-3,5-6,8-9,13,16-20H,4,7,10-11H2/t13-,16-,17+,18+/m1/s1. The molecule has 2 heteroatoms. The van der Waals surface area contributed by atoms with Gasteiger partial charge >= 0.3 is 0 Å². The van der Waals surface area contributed by atoms with Crippen LogP contribution >= 0.6 is 0 Å². The second-order valence-electron chi connectivity index (χ2n) is 6.32. The Hall–Kier alpha value is -1.38. The fraction of sp³-hybridized carbons (Fsp3) is 0.444. The maximum absolute atomic E-state index is 10.8. The first-order valence-electron chi connectivity index (χ1n) is 7.75. The number of aliphatic hydroxyl groups excluding tert-OH is 1. The minimum atomic E-state index is -0.397. The van der Waals surface area contributed by atoms with Crippen molar-refractivity contribution >= 4 is 10.8 Å². The van der Waals surface area contributed by atoms with E-state index in [1.165, 1.54) is 30.0 Å². The highest BCUT2D eigenvalue weighted by Crippen LogP contribution is 2.39. The summed E-state index contributed by atoms with van der Waals surface area (Å²) in [5.41, 5.74) is 1.07. The summed E-state index contributed by atoms with van der Waals surface area (Å²) in [7, 11) is 0. The highest BCUT2D eigenvalue weighted by Gasteiger charge is 2.39. The molecule has 0 radical (unpaired) electrons. The fourth-order valence-electron chi connectivity index (χ4n) is 4.15. The van der Waals surface area contributed by atoms with Crippen LogP contribution in [-0.2, 0) is 0 Å². The Morgan fingerprint density at radius 2 is 1.90 bits per heavy atom. The van der Waals surface area contributed by atoms with Crippen molar-refractivity contribution in [1.82, 2.24) is 5.32 Å². The predicted octanol–water partition coefficient (Wildman–Crippen LogP) is 3.40. The van der Waals surface area contributed by atoms with E-state index < -0.39 is 6.10 Å². The molecule has 1 heterocycles. The molecule has 4 rings (SSSR count). The summed E-state index contributed by atoms with van der Waals surface area (Å²) in [5, 5.41) is 16.9. The lowest BCUT2D eigenvalue weighted by Gasteiger charge is -2.21. The summed E-state index contributed by atoms with van der Waals surface area (Å²) >= 11 is 0. The Balaban J connectivity index is 1.66.